The molecule has 0 spiro atoms. The number of nitrogens with zero attached hydrogens (tertiary/aromatic N) is 1. The number of aliphatic hydroxyl groups excluding tert-OH is 1. The molecule has 2 N–H and O–H groups in total. The van der Waals surface area contributed by atoms with E-state index in [9.17, 15) is 19.4 Å². The van der Waals surface area contributed by atoms with E-state index >= 15 is 0 Å². The van der Waals surface area contributed by atoms with Crippen LogP contribution in [-0.2, 0) is 18.4 Å². The molecule has 0 saturated carbocycles. The summed E-state index contributed by atoms with van der Waals surface area (Å²) in [4.78, 5) is 25.5. The van der Waals surface area contributed by atoms with E-state index in [2.05, 4.69) is 67.8 Å². The van der Waals surface area contributed by atoms with Crippen LogP contribution in [0.25, 0.3) is 0 Å². The number of rotatable bonds is 57. The Bertz CT molecular complexity index is 1370. The van der Waals surface area contributed by atoms with Crippen LogP contribution in [0.2, 0.25) is 0 Å². The SMILES string of the molecule is CC/C=C\C/C=C\C/C=C\C/C=C\CCCCCCCCCCCCCCCCCCCCCCCCC(=O)NC(COP(=O)([O-])OCC[N+](C)(C)C)C(O)/C=C/CCCCCCCCCCCCCCCC. The highest BCUT2D eigenvalue weighted by Gasteiger charge is 2.23. The molecule has 0 fully saturated rings. The number of hydrogen-bond donors (Lipinski definition) is 2. The van der Waals surface area contributed by atoms with Crippen LogP contribution in [0, 0.1) is 0 Å². The number of aliphatic hydroxyl groups is 1. The fraction of sp³-hybridized carbons (Fsp3) is 0.828. The van der Waals surface area contributed by atoms with Gasteiger partial charge in [0.25, 0.3) is 7.82 Å². The quantitative estimate of drug-likeness (QED) is 0.0272. The highest BCUT2D eigenvalue weighted by molar-refractivity contribution is 7.45. The normalized spacial score (nSPS) is 14.2. The summed E-state index contributed by atoms with van der Waals surface area (Å²) in [6.45, 7) is 4.56. The average molecular weight is 1050 g/mol. The van der Waals surface area contributed by atoms with Gasteiger partial charge in [-0.15, -0.1) is 0 Å². The van der Waals surface area contributed by atoms with Crippen molar-refractivity contribution in [2.45, 2.75) is 302 Å². The predicted octanol–water partition coefficient (Wildman–Crippen LogP) is 18.6. The summed E-state index contributed by atoms with van der Waals surface area (Å²) in [7, 11) is 1.27. The molecular weight excluding hydrogens is 924 g/mol. The molecule has 73 heavy (non-hydrogen) atoms. The number of unbranched alkanes of at least 4 members (excludes halogenated alkanes) is 36. The van der Waals surface area contributed by atoms with Crippen molar-refractivity contribution in [3.63, 3.8) is 0 Å². The molecule has 3 unspecified atom stereocenters. The van der Waals surface area contributed by atoms with E-state index in [0.717, 1.165) is 64.2 Å². The number of quaternary nitrogens is 1. The maximum Gasteiger partial charge on any atom is 0.268 e. The summed E-state index contributed by atoms with van der Waals surface area (Å²) in [6, 6.07) is -0.886. The minimum atomic E-state index is -4.60. The summed E-state index contributed by atoms with van der Waals surface area (Å²) in [5.41, 5.74) is 0. The number of hydrogen-bond acceptors (Lipinski definition) is 6. The standard InChI is InChI=1S/C64H121N2O6P/c1-6-8-10-12-14-16-18-20-22-24-25-26-27-28-29-30-31-32-33-34-35-36-37-38-39-40-41-42-44-46-48-50-52-54-56-58-64(68)65-62(61-72-73(69,70)71-60-59-66(3,4)5)63(67)57-55-53-51-49-47-45-43-23-21-19-17-15-13-11-9-7-2/h8,10,14,16,20,22,25-26,55,57,62-63,67H,6-7,9,11-13,15,17-19,21,23-24,27-54,56,58-61H2,1-5H3,(H-,65,68,69,70)/b10-8-,16-14-,22-20-,26-25-,57-55+. The van der Waals surface area contributed by atoms with Gasteiger partial charge in [-0.05, 0) is 57.8 Å². The van der Waals surface area contributed by atoms with Gasteiger partial charge in [-0.1, -0.05) is 286 Å². The fourth-order valence-electron chi connectivity index (χ4n) is 9.15. The Morgan fingerprint density at radius 1 is 0.493 bits per heavy atom. The average Bonchev–Trinajstić information content (AvgIpc) is 3.35. The molecule has 0 aliphatic carbocycles. The van der Waals surface area contributed by atoms with E-state index in [0.29, 0.717) is 17.4 Å². The number of likely N-dealkylation sites (N-methyl/N-ethyl adjacent to an activating group) is 1. The maximum atomic E-state index is 13.0. The van der Waals surface area contributed by atoms with Crippen LogP contribution in [0.3, 0.4) is 0 Å². The van der Waals surface area contributed by atoms with Crippen molar-refractivity contribution in [1.82, 2.24) is 5.32 Å². The molecule has 0 aromatic heterocycles. The Labute approximate surface area is 453 Å². The summed E-state index contributed by atoms with van der Waals surface area (Å²) < 4.78 is 23.4. The van der Waals surface area contributed by atoms with Gasteiger partial charge in [-0.2, -0.15) is 0 Å². The molecule has 0 aliphatic rings. The van der Waals surface area contributed by atoms with Crippen molar-refractivity contribution in [2.24, 2.45) is 0 Å². The number of carbonyl (C=O) groups is 1. The molecule has 0 rings (SSSR count). The third-order valence-electron chi connectivity index (χ3n) is 14.0. The molecule has 0 heterocycles. The third kappa shape index (κ3) is 57.7. The second-order valence-electron chi connectivity index (χ2n) is 22.4. The minimum absolute atomic E-state index is 0.000155. The molecule has 0 aromatic rings. The van der Waals surface area contributed by atoms with E-state index in [-0.39, 0.29) is 19.1 Å². The van der Waals surface area contributed by atoms with Crippen LogP contribution in [0.15, 0.2) is 60.8 Å². The van der Waals surface area contributed by atoms with Crippen LogP contribution in [-0.4, -0.2) is 68.5 Å². The first-order valence-electron chi connectivity index (χ1n) is 31.2. The highest BCUT2D eigenvalue weighted by atomic mass is 31.2. The van der Waals surface area contributed by atoms with E-state index < -0.39 is 20.0 Å². The van der Waals surface area contributed by atoms with E-state index in [1.807, 2.05) is 27.2 Å². The zero-order valence-corrected chi connectivity index (χ0v) is 49.7. The fourth-order valence-corrected chi connectivity index (χ4v) is 9.87. The number of phosphoric acid groups is 1. The van der Waals surface area contributed by atoms with Crippen molar-refractivity contribution in [2.75, 3.05) is 40.9 Å². The van der Waals surface area contributed by atoms with Crippen LogP contribution < -0.4 is 10.2 Å². The van der Waals surface area contributed by atoms with Crippen molar-refractivity contribution in [3.05, 3.63) is 60.8 Å². The molecule has 0 radical (unpaired) electrons. The maximum absolute atomic E-state index is 13.0. The topological polar surface area (TPSA) is 108 Å². The van der Waals surface area contributed by atoms with Crippen molar-refractivity contribution >= 4 is 13.7 Å². The minimum Gasteiger partial charge on any atom is -0.756 e. The summed E-state index contributed by atoms with van der Waals surface area (Å²) in [6.07, 6.45) is 74.6. The van der Waals surface area contributed by atoms with Gasteiger partial charge in [0.2, 0.25) is 5.91 Å². The third-order valence-corrected chi connectivity index (χ3v) is 14.9. The monoisotopic (exact) mass is 1040 g/mol. The van der Waals surface area contributed by atoms with Crippen molar-refractivity contribution in [1.29, 1.82) is 0 Å². The summed E-state index contributed by atoms with van der Waals surface area (Å²) in [5.74, 6) is -0.193. The van der Waals surface area contributed by atoms with E-state index in [4.69, 9.17) is 9.05 Å². The van der Waals surface area contributed by atoms with Gasteiger partial charge in [0.05, 0.1) is 39.9 Å². The van der Waals surface area contributed by atoms with Crippen LogP contribution in [0.5, 0.6) is 0 Å². The van der Waals surface area contributed by atoms with Gasteiger partial charge in [0.15, 0.2) is 0 Å². The van der Waals surface area contributed by atoms with Gasteiger partial charge >= 0.3 is 0 Å². The second-order valence-corrected chi connectivity index (χ2v) is 23.8. The number of allylic oxidation sites excluding steroid dienone is 9. The number of amides is 1. The summed E-state index contributed by atoms with van der Waals surface area (Å²) >= 11 is 0. The van der Waals surface area contributed by atoms with Crippen LogP contribution in [0.4, 0.5) is 0 Å². The lowest BCUT2D eigenvalue weighted by atomic mass is 10.0. The first kappa shape index (κ1) is 71.2. The Morgan fingerprint density at radius 2 is 0.836 bits per heavy atom. The largest absolute Gasteiger partial charge is 0.756 e. The number of carbonyl (C=O) groups excluding carboxylic acids is 1. The van der Waals surface area contributed by atoms with E-state index in [1.165, 1.54) is 205 Å². The van der Waals surface area contributed by atoms with Crippen molar-refractivity contribution in [3.8, 4) is 0 Å². The zero-order valence-electron chi connectivity index (χ0n) is 48.8. The Morgan fingerprint density at radius 3 is 1.22 bits per heavy atom. The number of nitrogens with one attached hydrogen (secondary N) is 1. The second kappa shape index (κ2) is 55.0. The van der Waals surface area contributed by atoms with Gasteiger partial charge in [-0.25, -0.2) is 0 Å². The smallest absolute Gasteiger partial charge is 0.268 e. The number of phosphoric ester groups is 1. The molecule has 0 saturated heterocycles. The Hall–Kier alpha value is -1.80. The molecule has 428 valence electrons. The zero-order chi connectivity index (χ0) is 53.5. The first-order chi connectivity index (χ1) is 35.5. The van der Waals surface area contributed by atoms with Crippen LogP contribution in [0.1, 0.15) is 290 Å². The van der Waals surface area contributed by atoms with Gasteiger partial charge in [0.1, 0.15) is 13.2 Å². The summed E-state index contributed by atoms with van der Waals surface area (Å²) in [5, 5.41) is 13.9. The lowest BCUT2D eigenvalue weighted by Crippen LogP contribution is -2.45. The lowest BCUT2D eigenvalue weighted by molar-refractivity contribution is -0.870. The molecule has 0 bridgehead atoms. The first-order valence-corrected chi connectivity index (χ1v) is 32.6. The van der Waals surface area contributed by atoms with Crippen LogP contribution >= 0.6 is 7.82 Å². The van der Waals surface area contributed by atoms with Crippen molar-refractivity contribution < 1.29 is 32.9 Å². The van der Waals surface area contributed by atoms with Gasteiger partial charge in [0, 0.05) is 6.42 Å². The molecule has 3 atom stereocenters. The van der Waals surface area contributed by atoms with Gasteiger partial charge in [-0.3, -0.25) is 9.36 Å². The predicted molar refractivity (Wildman–Crippen MR) is 316 cm³/mol. The molecule has 0 aromatic carbocycles. The Balaban J connectivity index is 3.99. The lowest BCUT2D eigenvalue weighted by Gasteiger charge is -2.29. The molecule has 8 nitrogen and oxygen atoms in total. The Kier molecular flexibility index (Phi) is 53.6. The molecule has 9 heteroatoms. The molecule has 0 aliphatic heterocycles. The molecular formula is C64H121N2O6P. The highest BCUT2D eigenvalue weighted by Crippen LogP contribution is 2.38. The molecule has 1 amide bonds. The van der Waals surface area contributed by atoms with Gasteiger partial charge < -0.3 is 28.8 Å². The van der Waals surface area contributed by atoms with E-state index in [1.54, 1.807) is 6.08 Å².